The van der Waals surface area contributed by atoms with Crippen molar-refractivity contribution >= 4 is 5.96 Å². The second-order valence-electron chi connectivity index (χ2n) is 5.83. The zero-order valence-corrected chi connectivity index (χ0v) is 13.1. The summed E-state index contributed by atoms with van der Waals surface area (Å²) >= 11 is 0. The van der Waals surface area contributed by atoms with Crippen molar-refractivity contribution in [2.45, 2.75) is 39.8 Å². The van der Waals surface area contributed by atoms with Gasteiger partial charge in [-0.1, -0.05) is 24.6 Å². The molecule has 0 saturated carbocycles. The largest absolute Gasteiger partial charge is 0.434 e. The fourth-order valence-corrected chi connectivity index (χ4v) is 2.55. The predicted octanol–water partition coefficient (Wildman–Crippen LogP) is 3.14. The highest BCUT2D eigenvalue weighted by atomic mass is 19.3. The predicted molar refractivity (Wildman–Crippen MR) is 83.1 cm³/mol. The fraction of sp³-hybridized carbons (Fsp3) is 0.562. The summed E-state index contributed by atoms with van der Waals surface area (Å²) in [5, 5.41) is 0. The molecule has 0 atom stereocenters. The first kappa shape index (κ1) is 16.5. The van der Waals surface area contributed by atoms with Gasteiger partial charge in [0.2, 0.25) is 0 Å². The van der Waals surface area contributed by atoms with E-state index in [0.29, 0.717) is 17.4 Å². The Hall–Kier alpha value is -1.85. The van der Waals surface area contributed by atoms with Gasteiger partial charge in [0, 0.05) is 18.7 Å². The number of aliphatic imine (C=N–C) groups is 1. The number of benzene rings is 1. The molecule has 6 heteroatoms. The Balaban J connectivity index is 2.06. The van der Waals surface area contributed by atoms with Gasteiger partial charge in [-0.2, -0.15) is 8.78 Å². The van der Waals surface area contributed by atoms with Gasteiger partial charge in [0.15, 0.2) is 5.96 Å². The molecule has 1 aromatic carbocycles. The quantitative estimate of drug-likeness (QED) is 0.686. The third kappa shape index (κ3) is 4.58. The average molecular weight is 311 g/mol. The minimum absolute atomic E-state index is 0.157. The summed E-state index contributed by atoms with van der Waals surface area (Å²) in [5.74, 6) is 1.34. The van der Waals surface area contributed by atoms with E-state index in [-0.39, 0.29) is 12.3 Å². The van der Waals surface area contributed by atoms with E-state index in [4.69, 9.17) is 5.73 Å². The molecule has 1 fully saturated rings. The average Bonchev–Trinajstić information content (AvgIpc) is 2.47. The topological polar surface area (TPSA) is 50.9 Å². The molecule has 0 radical (unpaired) electrons. The molecule has 0 bridgehead atoms. The maximum absolute atomic E-state index is 12.4. The van der Waals surface area contributed by atoms with Crippen LogP contribution in [0.25, 0.3) is 0 Å². The number of aryl methyl sites for hydroxylation is 1. The Morgan fingerprint density at radius 1 is 1.41 bits per heavy atom. The van der Waals surface area contributed by atoms with Crippen LogP contribution in [-0.2, 0) is 6.54 Å². The minimum atomic E-state index is -2.84. The minimum Gasteiger partial charge on any atom is -0.434 e. The lowest BCUT2D eigenvalue weighted by molar-refractivity contribution is -0.0504. The number of piperidine rings is 1. The summed E-state index contributed by atoms with van der Waals surface area (Å²) in [5.41, 5.74) is 7.61. The second kappa shape index (κ2) is 7.42. The molecule has 122 valence electrons. The van der Waals surface area contributed by atoms with Gasteiger partial charge in [-0.3, -0.25) is 0 Å². The molecule has 0 spiro atoms. The molecule has 4 nitrogen and oxygen atoms in total. The summed E-state index contributed by atoms with van der Waals surface area (Å²) in [4.78, 5) is 6.39. The van der Waals surface area contributed by atoms with Crippen LogP contribution < -0.4 is 10.5 Å². The number of rotatable bonds is 4. The third-order valence-electron chi connectivity index (χ3n) is 3.95. The second-order valence-corrected chi connectivity index (χ2v) is 5.83. The Labute approximate surface area is 130 Å². The van der Waals surface area contributed by atoms with E-state index in [9.17, 15) is 8.78 Å². The van der Waals surface area contributed by atoms with Crippen molar-refractivity contribution in [1.82, 2.24) is 4.90 Å². The first-order valence-electron chi connectivity index (χ1n) is 7.55. The zero-order valence-electron chi connectivity index (χ0n) is 13.1. The molecular formula is C16H23F2N3O. The van der Waals surface area contributed by atoms with Gasteiger partial charge in [-0.15, -0.1) is 0 Å². The van der Waals surface area contributed by atoms with Crippen LogP contribution >= 0.6 is 0 Å². The normalized spacial score (nSPS) is 17.1. The van der Waals surface area contributed by atoms with Gasteiger partial charge >= 0.3 is 6.61 Å². The molecule has 2 rings (SSSR count). The Kier molecular flexibility index (Phi) is 5.57. The van der Waals surface area contributed by atoms with Gasteiger partial charge in [-0.25, -0.2) is 4.99 Å². The summed E-state index contributed by atoms with van der Waals surface area (Å²) in [6.45, 7) is 3.31. The number of nitrogens with zero attached hydrogens (tertiary/aromatic N) is 2. The van der Waals surface area contributed by atoms with Crippen molar-refractivity contribution in [1.29, 1.82) is 0 Å². The summed E-state index contributed by atoms with van der Waals surface area (Å²) in [6, 6.07) is 5.08. The SMILES string of the molecule is Cc1ccc(OC(F)F)c(CN=C(N)N2CCC(C)CC2)c1. The van der Waals surface area contributed by atoms with E-state index >= 15 is 0 Å². The van der Waals surface area contributed by atoms with E-state index in [1.807, 2.05) is 11.8 Å². The van der Waals surface area contributed by atoms with Crippen LogP contribution in [0.3, 0.4) is 0 Å². The smallest absolute Gasteiger partial charge is 0.387 e. The number of likely N-dealkylation sites (tertiary alicyclic amines) is 1. The van der Waals surface area contributed by atoms with Crippen LogP contribution in [0.15, 0.2) is 23.2 Å². The number of ether oxygens (including phenoxy) is 1. The van der Waals surface area contributed by atoms with Crippen molar-refractivity contribution in [2.24, 2.45) is 16.6 Å². The van der Waals surface area contributed by atoms with Gasteiger partial charge in [0.25, 0.3) is 0 Å². The number of alkyl halides is 2. The number of nitrogens with two attached hydrogens (primary N) is 1. The summed E-state index contributed by atoms with van der Waals surface area (Å²) < 4.78 is 29.4. The lowest BCUT2D eigenvalue weighted by atomic mass is 10.00. The van der Waals surface area contributed by atoms with Crippen LogP contribution in [0.1, 0.15) is 30.9 Å². The lowest BCUT2D eigenvalue weighted by Crippen LogP contribution is -2.42. The Morgan fingerprint density at radius 2 is 2.09 bits per heavy atom. The molecule has 0 unspecified atom stereocenters. The maximum atomic E-state index is 12.4. The zero-order chi connectivity index (χ0) is 16.1. The number of halogens is 2. The van der Waals surface area contributed by atoms with E-state index in [2.05, 4.69) is 16.7 Å². The third-order valence-corrected chi connectivity index (χ3v) is 3.95. The Bertz CT molecular complexity index is 526. The van der Waals surface area contributed by atoms with Gasteiger partial charge in [0.1, 0.15) is 5.75 Å². The first-order valence-corrected chi connectivity index (χ1v) is 7.55. The van der Waals surface area contributed by atoms with Gasteiger partial charge in [0.05, 0.1) is 6.54 Å². The molecule has 1 aliphatic heterocycles. The van der Waals surface area contributed by atoms with Crippen LogP contribution in [0.4, 0.5) is 8.78 Å². The molecule has 2 N–H and O–H groups in total. The van der Waals surface area contributed by atoms with Crippen LogP contribution in [-0.4, -0.2) is 30.6 Å². The van der Waals surface area contributed by atoms with Crippen LogP contribution in [0.2, 0.25) is 0 Å². The molecule has 1 aliphatic rings. The van der Waals surface area contributed by atoms with Crippen molar-refractivity contribution < 1.29 is 13.5 Å². The molecule has 1 saturated heterocycles. The van der Waals surface area contributed by atoms with Crippen molar-refractivity contribution in [2.75, 3.05) is 13.1 Å². The van der Waals surface area contributed by atoms with Crippen molar-refractivity contribution in [3.05, 3.63) is 29.3 Å². The first-order chi connectivity index (χ1) is 10.5. The van der Waals surface area contributed by atoms with E-state index in [1.165, 1.54) is 0 Å². The lowest BCUT2D eigenvalue weighted by Gasteiger charge is -2.31. The number of hydrogen-bond acceptors (Lipinski definition) is 2. The van der Waals surface area contributed by atoms with Crippen LogP contribution in [0.5, 0.6) is 5.75 Å². The molecule has 1 aromatic rings. The monoisotopic (exact) mass is 311 g/mol. The number of guanidine groups is 1. The summed E-state index contributed by atoms with van der Waals surface area (Å²) in [6.07, 6.45) is 2.20. The molecule has 0 aromatic heterocycles. The standard InChI is InChI=1S/C16H23F2N3O/c1-11-5-7-21(8-6-11)16(19)20-10-13-9-12(2)3-4-14(13)22-15(17)18/h3-4,9,11,15H,5-8,10H2,1-2H3,(H2,19,20). The summed E-state index contributed by atoms with van der Waals surface area (Å²) in [7, 11) is 0. The fourth-order valence-electron chi connectivity index (χ4n) is 2.55. The van der Waals surface area contributed by atoms with E-state index < -0.39 is 6.61 Å². The van der Waals surface area contributed by atoms with E-state index in [0.717, 1.165) is 31.5 Å². The van der Waals surface area contributed by atoms with Gasteiger partial charge < -0.3 is 15.4 Å². The van der Waals surface area contributed by atoms with Gasteiger partial charge in [-0.05, 0) is 31.7 Å². The highest BCUT2D eigenvalue weighted by molar-refractivity contribution is 5.78. The Morgan fingerprint density at radius 3 is 2.73 bits per heavy atom. The van der Waals surface area contributed by atoms with Crippen LogP contribution in [0, 0.1) is 12.8 Å². The number of hydrogen-bond donors (Lipinski definition) is 1. The highest BCUT2D eigenvalue weighted by Crippen LogP contribution is 2.23. The highest BCUT2D eigenvalue weighted by Gasteiger charge is 2.17. The molecule has 0 aliphatic carbocycles. The van der Waals surface area contributed by atoms with E-state index in [1.54, 1.807) is 18.2 Å². The van der Waals surface area contributed by atoms with Crippen molar-refractivity contribution in [3.63, 3.8) is 0 Å². The molecular weight excluding hydrogens is 288 g/mol. The molecule has 0 amide bonds. The molecule has 22 heavy (non-hydrogen) atoms. The molecule has 1 heterocycles. The van der Waals surface area contributed by atoms with Crippen molar-refractivity contribution in [3.8, 4) is 5.75 Å². The maximum Gasteiger partial charge on any atom is 0.387 e.